The summed E-state index contributed by atoms with van der Waals surface area (Å²) >= 11 is 0. The number of hydrazine groups is 1. The van der Waals surface area contributed by atoms with Crippen molar-refractivity contribution in [3.8, 4) is 11.5 Å². The average Bonchev–Trinajstić information content (AvgIpc) is 2.41. The number of hydrogen-bond acceptors (Lipinski definition) is 4. The quantitative estimate of drug-likeness (QED) is 0.804. The molecule has 0 heterocycles. The largest absolute Gasteiger partial charge is 0.497 e. The fraction of sp³-hybridized carbons (Fsp3) is 0.273. The van der Waals surface area contributed by atoms with Crippen molar-refractivity contribution in [2.45, 2.75) is 6.18 Å². The predicted molar refractivity (Wildman–Crippen MR) is 60.8 cm³/mol. The van der Waals surface area contributed by atoms with Crippen LogP contribution < -0.4 is 20.3 Å². The maximum atomic E-state index is 11.8. The number of nitrogens with one attached hydrogen (secondary N) is 2. The Morgan fingerprint density at radius 3 is 2.15 bits per heavy atom. The molecule has 0 atom stereocenters. The van der Waals surface area contributed by atoms with Crippen molar-refractivity contribution in [1.82, 2.24) is 10.9 Å². The maximum Gasteiger partial charge on any atom is 0.472 e. The van der Waals surface area contributed by atoms with E-state index in [0.29, 0.717) is 11.5 Å². The molecule has 0 radical (unpaired) electrons. The molecule has 0 aromatic heterocycles. The first-order chi connectivity index (χ1) is 9.32. The molecule has 110 valence electrons. The molecule has 0 unspecified atom stereocenters. The summed E-state index contributed by atoms with van der Waals surface area (Å²) in [6, 6.07) is 6.19. The van der Waals surface area contributed by atoms with Crippen LogP contribution in [0.5, 0.6) is 11.5 Å². The van der Waals surface area contributed by atoms with E-state index in [0.717, 1.165) is 0 Å². The van der Waals surface area contributed by atoms with Crippen LogP contribution in [0.4, 0.5) is 13.2 Å². The molecule has 0 bridgehead atoms. The Morgan fingerprint density at radius 1 is 1.10 bits per heavy atom. The number of hydrogen-bond donors (Lipinski definition) is 2. The van der Waals surface area contributed by atoms with Crippen LogP contribution in [0.25, 0.3) is 0 Å². The summed E-state index contributed by atoms with van der Waals surface area (Å²) in [6.07, 6.45) is -5.07. The first kappa shape index (κ1) is 15.6. The van der Waals surface area contributed by atoms with Gasteiger partial charge in [-0.3, -0.25) is 20.4 Å². The van der Waals surface area contributed by atoms with E-state index in [9.17, 15) is 22.8 Å². The lowest BCUT2D eigenvalue weighted by Crippen LogP contribution is -2.49. The van der Waals surface area contributed by atoms with Gasteiger partial charge >= 0.3 is 12.1 Å². The normalized spacial score (nSPS) is 10.6. The zero-order chi connectivity index (χ0) is 15.2. The van der Waals surface area contributed by atoms with Crippen molar-refractivity contribution in [1.29, 1.82) is 0 Å². The van der Waals surface area contributed by atoms with Crippen molar-refractivity contribution >= 4 is 11.8 Å². The summed E-state index contributed by atoms with van der Waals surface area (Å²) < 4.78 is 45.3. The summed E-state index contributed by atoms with van der Waals surface area (Å²) in [5.74, 6) is -2.30. The molecular weight excluding hydrogens is 281 g/mol. The Labute approximate surface area is 111 Å². The zero-order valence-electron chi connectivity index (χ0n) is 10.3. The van der Waals surface area contributed by atoms with Gasteiger partial charge < -0.3 is 9.47 Å². The highest BCUT2D eigenvalue weighted by molar-refractivity contribution is 5.85. The van der Waals surface area contributed by atoms with Crippen LogP contribution >= 0.6 is 0 Å². The van der Waals surface area contributed by atoms with Crippen LogP contribution in [0.1, 0.15) is 0 Å². The molecule has 1 aromatic rings. The Hall–Kier alpha value is -2.45. The lowest BCUT2D eigenvalue weighted by Gasteiger charge is -2.10. The summed E-state index contributed by atoms with van der Waals surface area (Å²) in [6.45, 7) is -0.551. The number of carbonyl (C=O) groups is 2. The number of methoxy groups -OCH3 is 1. The first-order valence-electron chi connectivity index (χ1n) is 5.26. The number of ether oxygens (including phenoxy) is 2. The standard InChI is InChI=1S/C11H11F3N2O4/c1-19-7-2-4-8(5-3-7)20-6-9(17)15-16-10(18)11(12,13)14/h2-5H,6H2,1H3,(H,15,17)(H,16,18). The number of carbonyl (C=O) groups excluding carboxylic acids is 2. The second kappa shape index (κ2) is 6.64. The summed E-state index contributed by atoms with van der Waals surface area (Å²) in [5.41, 5.74) is 2.79. The van der Waals surface area contributed by atoms with Crippen LogP contribution in [-0.2, 0) is 9.59 Å². The minimum atomic E-state index is -5.07. The van der Waals surface area contributed by atoms with Gasteiger partial charge in [0.05, 0.1) is 7.11 Å². The molecule has 20 heavy (non-hydrogen) atoms. The summed E-state index contributed by atoms with van der Waals surface area (Å²) in [7, 11) is 1.48. The van der Waals surface area contributed by atoms with Crippen LogP contribution in [0, 0.1) is 0 Å². The fourth-order valence-electron chi connectivity index (χ4n) is 1.05. The van der Waals surface area contributed by atoms with Gasteiger partial charge in [-0.2, -0.15) is 13.2 Å². The Kier molecular flexibility index (Phi) is 5.18. The number of benzene rings is 1. The average molecular weight is 292 g/mol. The second-order valence-corrected chi connectivity index (χ2v) is 3.46. The van der Waals surface area contributed by atoms with Crippen LogP contribution in [0.3, 0.4) is 0 Å². The maximum absolute atomic E-state index is 11.8. The summed E-state index contributed by atoms with van der Waals surface area (Å²) in [4.78, 5) is 21.5. The molecule has 0 aliphatic heterocycles. The van der Waals surface area contributed by atoms with E-state index >= 15 is 0 Å². The zero-order valence-corrected chi connectivity index (χ0v) is 10.3. The van der Waals surface area contributed by atoms with E-state index in [1.807, 2.05) is 0 Å². The lowest BCUT2D eigenvalue weighted by atomic mass is 10.3. The van der Waals surface area contributed by atoms with Crippen LogP contribution in [-0.4, -0.2) is 31.7 Å². The lowest BCUT2D eigenvalue weighted by molar-refractivity contribution is -0.175. The van der Waals surface area contributed by atoms with Gasteiger partial charge in [0.15, 0.2) is 6.61 Å². The molecule has 0 saturated carbocycles. The fourth-order valence-corrected chi connectivity index (χ4v) is 1.05. The molecule has 9 heteroatoms. The van der Waals surface area contributed by atoms with Crippen molar-refractivity contribution in [2.24, 2.45) is 0 Å². The monoisotopic (exact) mass is 292 g/mol. The Balaban J connectivity index is 2.34. The molecule has 0 aliphatic carbocycles. The highest BCUT2D eigenvalue weighted by Gasteiger charge is 2.38. The molecule has 0 fully saturated rings. The van der Waals surface area contributed by atoms with Crippen molar-refractivity contribution in [3.05, 3.63) is 24.3 Å². The van der Waals surface area contributed by atoms with E-state index in [2.05, 4.69) is 0 Å². The van der Waals surface area contributed by atoms with Gasteiger partial charge in [0.25, 0.3) is 5.91 Å². The molecule has 2 N–H and O–H groups in total. The van der Waals surface area contributed by atoms with E-state index in [4.69, 9.17) is 9.47 Å². The van der Waals surface area contributed by atoms with E-state index in [-0.39, 0.29) is 0 Å². The van der Waals surface area contributed by atoms with Gasteiger partial charge in [0.2, 0.25) is 0 Å². The third-order valence-corrected chi connectivity index (χ3v) is 2.00. The van der Waals surface area contributed by atoms with Gasteiger partial charge in [-0.25, -0.2) is 0 Å². The molecule has 0 aliphatic rings. The minimum absolute atomic E-state index is 0.322. The molecule has 1 aromatic carbocycles. The van der Waals surface area contributed by atoms with Crippen molar-refractivity contribution in [2.75, 3.05) is 13.7 Å². The highest BCUT2D eigenvalue weighted by Crippen LogP contribution is 2.16. The van der Waals surface area contributed by atoms with Crippen molar-refractivity contribution < 1.29 is 32.2 Å². The SMILES string of the molecule is COc1ccc(OCC(=O)NNC(=O)C(F)(F)F)cc1. The third kappa shape index (κ3) is 5.04. The van der Waals surface area contributed by atoms with Crippen molar-refractivity contribution in [3.63, 3.8) is 0 Å². The topological polar surface area (TPSA) is 76.7 Å². The third-order valence-electron chi connectivity index (χ3n) is 2.00. The Morgan fingerprint density at radius 2 is 1.65 bits per heavy atom. The number of rotatable bonds is 4. The van der Waals surface area contributed by atoms with Gasteiger partial charge in [0.1, 0.15) is 11.5 Å². The molecule has 2 amide bonds. The molecule has 6 nitrogen and oxygen atoms in total. The van der Waals surface area contributed by atoms with Gasteiger partial charge in [-0.15, -0.1) is 0 Å². The smallest absolute Gasteiger partial charge is 0.472 e. The van der Waals surface area contributed by atoms with Crippen LogP contribution in [0.15, 0.2) is 24.3 Å². The van der Waals surface area contributed by atoms with Gasteiger partial charge in [-0.05, 0) is 24.3 Å². The van der Waals surface area contributed by atoms with Crippen LogP contribution in [0.2, 0.25) is 0 Å². The second-order valence-electron chi connectivity index (χ2n) is 3.46. The summed E-state index contributed by atoms with van der Waals surface area (Å²) in [5, 5.41) is 0. The molecule has 1 rings (SSSR count). The minimum Gasteiger partial charge on any atom is -0.497 e. The Bertz CT molecular complexity index is 474. The van der Waals surface area contributed by atoms with E-state index < -0.39 is 24.6 Å². The molecule has 0 spiro atoms. The van der Waals surface area contributed by atoms with E-state index in [1.54, 1.807) is 17.6 Å². The van der Waals surface area contributed by atoms with Gasteiger partial charge in [0, 0.05) is 0 Å². The molecular formula is C11H11F3N2O4. The van der Waals surface area contributed by atoms with Gasteiger partial charge in [-0.1, -0.05) is 0 Å². The van der Waals surface area contributed by atoms with E-state index in [1.165, 1.54) is 24.7 Å². The highest BCUT2D eigenvalue weighted by atomic mass is 19.4. The molecule has 0 saturated heterocycles. The number of alkyl halides is 3. The number of amides is 2. The first-order valence-corrected chi connectivity index (χ1v) is 5.26. The predicted octanol–water partition coefficient (Wildman–Crippen LogP) is 0.784. The number of halogens is 3.